The maximum absolute atomic E-state index is 12.9. The number of fused-ring (bicyclic) bond motifs is 1. The van der Waals surface area contributed by atoms with Gasteiger partial charge in [-0.3, -0.25) is 4.79 Å². The summed E-state index contributed by atoms with van der Waals surface area (Å²) in [5.41, 5.74) is 3.29. The van der Waals surface area contributed by atoms with E-state index in [1.54, 1.807) is 6.07 Å². The van der Waals surface area contributed by atoms with Gasteiger partial charge in [0.15, 0.2) is 0 Å². The molecule has 1 aromatic heterocycles. The van der Waals surface area contributed by atoms with Crippen LogP contribution in [0.15, 0.2) is 78.9 Å². The average Bonchev–Trinajstić information content (AvgIpc) is 2.91. The Morgan fingerprint density at radius 2 is 1.69 bits per heavy atom. The van der Waals surface area contributed by atoms with Crippen LogP contribution >= 0.6 is 0 Å². The number of aliphatic hydroxyl groups is 2. The van der Waals surface area contributed by atoms with E-state index < -0.39 is 12.7 Å². The average molecular weight is 528 g/mol. The fraction of sp³-hybridized carbons (Fsp3) is 0.312. The molecule has 0 saturated carbocycles. The maximum Gasteiger partial charge on any atom is 0.224 e. The Balaban J connectivity index is 1.34. The number of pyridine rings is 1. The van der Waals surface area contributed by atoms with Gasteiger partial charge in [0.05, 0.1) is 24.8 Å². The summed E-state index contributed by atoms with van der Waals surface area (Å²) in [6.45, 7) is 5.96. The van der Waals surface area contributed by atoms with E-state index in [-0.39, 0.29) is 41.9 Å². The summed E-state index contributed by atoms with van der Waals surface area (Å²) in [5.74, 6) is -0.130. The maximum atomic E-state index is 12.9. The molecule has 5 N–H and O–H groups in total. The topological polar surface area (TPSA) is 115 Å². The molecule has 0 aliphatic carbocycles. The SMILES string of the molecule is C[C@@H](NC(=O)Cc1cccc(CC(C)(C)NCC(O)c2ccc(O)c(CO)n2)c1)c1cccc2ccccc12. The Kier molecular flexibility index (Phi) is 8.97. The number of nitrogens with one attached hydrogen (secondary N) is 2. The molecule has 0 fully saturated rings. The largest absolute Gasteiger partial charge is 0.506 e. The lowest BCUT2D eigenvalue weighted by atomic mass is 9.93. The molecule has 3 aromatic carbocycles. The Labute approximate surface area is 229 Å². The number of rotatable bonds is 11. The summed E-state index contributed by atoms with van der Waals surface area (Å²) < 4.78 is 0. The van der Waals surface area contributed by atoms with Gasteiger partial charge in [0.1, 0.15) is 17.5 Å². The number of nitrogens with zero attached hydrogens (tertiary/aromatic N) is 1. The van der Waals surface area contributed by atoms with E-state index in [1.165, 1.54) is 6.07 Å². The normalized spacial score (nSPS) is 13.3. The van der Waals surface area contributed by atoms with Gasteiger partial charge in [0.2, 0.25) is 5.91 Å². The second kappa shape index (κ2) is 12.4. The van der Waals surface area contributed by atoms with Gasteiger partial charge in [0, 0.05) is 12.1 Å². The van der Waals surface area contributed by atoms with Gasteiger partial charge in [-0.15, -0.1) is 0 Å². The van der Waals surface area contributed by atoms with Crippen LogP contribution in [-0.4, -0.2) is 38.3 Å². The van der Waals surface area contributed by atoms with Gasteiger partial charge in [0.25, 0.3) is 0 Å². The van der Waals surface area contributed by atoms with Crippen molar-refractivity contribution in [1.29, 1.82) is 0 Å². The lowest BCUT2D eigenvalue weighted by Crippen LogP contribution is -2.43. The third-order valence-corrected chi connectivity index (χ3v) is 6.91. The number of aromatic nitrogens is 1. The molecule has 1 heterocycles. The number of hydrogen-bond donors (Lipinski definition) is 5. The van der Waals surface area contributed by atoms with Gasteiger partial charge >= 0.3 is 0 Å². The van der Waals surface area contributed by atoms with Crippen LogP contribution in [0.4, 0.5) is 0 Å². The van der Waals surface area contributed by atoms with E-state index in [2.05, 4.69) is 45.9 Å². The minimum Gasteiger partial charge on any atom is -0.506 e. The standard InChI is InChI=1S/C32H37N3O4/c1-21(25-13-7-11-24-10-4-5-12-26(24)25)34-31(39)17-22-8-6-9-23(16-22)18-32(2,3)33-19-30(38)27-14-15-29(37)28(20-36)35-27/h4-16,21,30,33,36-38H,17-20H2,1-3H3,(H,34,39)/t21-,30?/m1/s1. The third kappa shape index (κ3) is 7.41. The molecule has 0 aliphatic heterocycles. The van der Waals surface area contributed by atoms with Crippen molar-refractivity contribution in [2.45, 2.75) is 57.9 Å². The highest BCUT2D eigenvalue weighted by Gasteiger charge is 2.21. The Morgan fingerprint density at radius 3 is 2.49 bits per heavy atom. The molecule has 0 bridgehead atoms. The van der Waals surface area contributed by atoms with Gasteiger partial charge in [-0.2, -0.15) is 0 Å². The zero-order valence-electron chi connectivity index (χ0n) is 22.7. The van der Waals surface area contributed by atoms with E-state index in [0.29, 0.717) is 12.1 Å². The molecule has 4 aromatic rings. The summed E-state index contributed by atoms with van der Waals surface area (Å²) in [6.07, 6.45) is 0.0794. The summed E-state index contributed by atoms with van der Waals surface area (Å²) >= 11 is 0. The van der Waals surface area contributed by atoms with Gasteiger partial charge in [-0.1, -0.05) is 66.7 Å². The number of β-amino-alcohol motifs (C(OH)–C–C–N with tert-alkyl or cyclic N) is 1. The molecular weight excluding hydrogens is 490 g/mol. The first-order valence-electron chi connectivity index (χ1n) is 13.2. The highest BCUT2D eigenvalue weighted by atomic mass is 16.3. The molecule has 1 amide bonds. The molecule has 0 saturated heterocycles. The molecule has 7 nitrogen and oxygen atoms in total. The van der Waals surface area contributed by atoms with E-state index in [1.807, 2.05) is 57.2 Å². The van der Waals surface area contributed by atoms with E-state index >= 15 is 0 Å². The van der Waals surface area contributed by atoms with Gasteiger partial charge < -0.3 is 26.0 Å². The lowest BCUT2D eigenvalue weighted by molar-refractivity contribution is -0.121. The number of benzene rings is 3. The first-order chi connectivity index (χ1) is 18.6. The van der Waals surface area contributed by atoms with Crippen molar-refractivity contribution in [2.75, 3.05) is 6.54 Å². The zero-order chi connectivity index (χ0) is 28.0. The molecule has 0 radical (unpaired) electrons. The van der Waals surface area contributed by atoms with Crippen LogP contribution in [0.5, 0.6) is 5.75 Å². The van der Waals surface area contributed by atoms with Crippen molar-refractivity contribution < 1.29 is 20.1 Å². The van der Waals surface area contributed by atoms with Crippen molar-refractivity contribution in [3.63, 3.8) is 0 Å². The molecule has 7 heteroatoms. The van der Waals surface area contributed by atoms with Crippen molar-refractivity contribution in [3.8, 4) is 5.75 Å². The van der Waals surface area contributed by atoms with E-state index in [4.69, 9.17) is 0 Å². The highest BCUT2D eigenvalue weighted by Crippen LogP contribution is 2.24. The monoisotopic (exact) mass is 527 g/mol. The summed E-state index contributed by atoms with van der Waals surface area (Å²) in [5, 5.41) is 38.4. The molecule has 2 atom stereocenters. The Hall–Kier alpha value is -3.78. The Bertz CT molecular complexity index is 1430. The van der Waals surface area contributed by atoms with Crippen LogP contribution in [0.25, 0.3) is 10.8 Å². The Morgan fingerprint density at radius 1 is 0.974 bits per heavy atom. The van der Waals surface area contributed by atoms with Crippen molar-refractivity contribution >= 4 is 16.7 Å². The predicted molar refractivity (Wildman–Crippen MR) is 153 cm³/mol. The van der Waals surface area contributed by atoms with Crippen LogP contribution in [0.2, 0.25) is 0 Å². The van der Waals surface area contributed by atoms with E-state index in [0.717, 1.165) is 27.5 Å². The number of carbonyl (C=O) groups excluding carboxylic acids is 1. The molecule has 0 aliphatic rings. The first-order valence-corrected chi connectivity index (χ1v) is 13.2. The third-order valence-electron chi connectivity index (χ3n) is 6.91. The van der Waals surface area contributed by atoms with Crippen LogP contribution in [0.3, 0.4) is 0 Å². The number of aliphatic hydroxyl groups excluding tert-OH is 2. The quantitative estimate of drug-likeness (QED) is 0.196. The zero-order valence-corrected chi connectivity index (χ0v) is 22.7. The molecule has 1 unspecified atom stereocenters. The number of aromatic hydroxyl groups is 1. The predicted octanol–water partition coefficient (Wildman–Crippen LogP) is 4.50. The van der Waals surface area contributed by atoms with Crippen molar-refractivity contribution in [3.05, 3.63) is 107 Å². The molecule has 4 rings (SSSR count). The van der Waals surface area contributed by atoms with Gasteiger partial charge in [-0.25, -0.2) is 4.98 Å². The molecular formula is C32H37N3O4. The number of amides is 1. The molecule has 39 heavy (non-hydrogen) atoms. The van der Waals surface area contributed by atoms with Crippen molar-refractivity contribution in [1.82, 2.24) is 15.6 Å². The minimum absolute atomic E-state index is 0.0308. The fourth-order valence-electron chi connectivity index (χ4n) is 4.90. The summed E-state index contributed by atoms with van der Waals surface area (Å²) in [6, 6.07) is 25.2. The second-order valence-electron chi connectivity index (χ2n) is 10.7. The smallest absolute Gasteiger partial charge is 0.224 e. The molecule has 204 valence electrons. The summed E-state index contributed by atoms with van der Waals surface area (Å²) in [4.78, 5) is 17.1. The summed E-state index contributed by atoms with van der Waals surface area (Å²) in [7, 11) is 0. The lowest BCUT2D eigenvalue weighted by Gasteiger charge is -2.28. The number of hydrogen-bond acceptors (Lipinski definition) is 6. The highest BCUT2D eigenvalue weighted by molar-refractivity contribution is 5.87. The van der Waals surface area contributed by atoms with Gasteiger partial charge in [-0.05, 0) is 66.8 Å². The van der Waals surface area contributed by atoms with E-state index in [9.17, 15) is 20.1 Å². The fourth-order valence-corrected chi connectivity index (χ4v) is 4.90. The van der Waals surface area contributed by atoms with Crippen LogP contribution in [0.1, 0.15) is 61.0 Å². The van der Waals surface area contributed by atoms with Crippen LogP contribution < -0.4 is 10.6 Å². The second-order valence-corrected chi connectivity index (χ2v) is 10.7. The number of carbonyl (C=O) groups is 1. The molecule has 0 spiro atoms. The minimum atomic E-state index is -0.895. The van der Waals surface area contributed by atoms with Crippen LogP contribution in [0, 0.1) is 0 Å². The first kappa shape index (κ1) is 28.2. The van der Waals surface area contributed by atoms with Crippen LogP contribution in [-0.2, 0) is 24.2 Å². The van der Waals surface area contributed by atoms with Crippen molar-refractivity contribution in [2.24, 2.45) is 0 Å².